The summed E-state index contributed by atoms with van der Waals surface area (Å²) in [5.74, 6) is 0.300. The standard InChI is InChI=1S/C14H21N3O2S2/c1-10-8-17(9-13(10)16(2)3)21(18,19)12-6-4-5-11(7-12)14(15)20/h4-7,10,13H,8-9H2,1-3H3,(H2,15,20). The minimum Gasteiger partial charge on any atom is -0.389 e. The zero-order valence-corrected chi connectivity index (χ0v) is 14.1. The molecule has 1 aliphatic rings. The van der Waals surface area contributed by atoms with Crippen LogP contribution in [0, 0.1) is 5.92 Å². The lowest BCUT2D eigenvalue weighted by atomic mass is 10.1. The van der Waals surface area contributed by atoms with E-state index in [4.69, 9.17) is 18.0 Å². The number of sulfonamides is 1. The molecule has 2 rings (SSSR count). The number of nitrogens with two attached hydrogens (primary N) is 1. The zero-order valence-electron chi connectivity index (χ0n) is 12.5. The Morgan fingerprint density at radius 3 is 2.57 bits per heavy atom. The Hall–Kier alpha value is -1.02. The van der Waals surface area contributed by atoms with Gasteiger partial charge in [-0.25, -0.2) is 8.42 Å². The van der Waals surface area contributed by atoms with Gasteiger partial charge in [0.1, 0.15) is 4.99 Å². The average molecular weight is 327 g/mol. The molecule has 0 aromatic heterocycles. The first-order valence-electron chi connectivity index (χ1n) is 6.80. The molecule has 116 valence electrons. The van der Waals surface area contributed by atoms with Crippen LogP contribution in [0.1, 0.15) is 12.5 Å². The fourth-order valence-corrected chi connectivity index (χ4v) is 4.47. The summed E-state index contributed by atoms with van der Waals surface area (Å²) >= 11 is 4.91. The smallest absolute Gasteiger partial charge is 0.243 e. The molecule has 1 aliphatic heterocycles. The molecule has 1 heterocycles. The van der Waals surface area contributed by atoms with Gasteiger partial charge in [0.05, 0.1) is 4.90 Å². The maximum Gasteiger partial charge on any atom is 0.243 e. The number of likely N-dealkylation sites (N-methyl/N-ethyl adjacent to an activating group) is 1. The molecule has 1 saturated heterocycles. The average Bonchev–Trinajstić information content (AvgIpc) is 2.82. The number of hydrogen-bond acceptors (Lipinski definition) is 4. The Balaban J connectivity index is 2.31. The summed E-state index contributed by atoms with van der Waals surface area (Å²) in [5, 5.41) is 0. The van der Waals surface area contributed by atoms with Crippen molar-refractivity contribution in [3.05, 3.63) is 29.8 Å². The Labute approximate surface area is 131 Å². The normalized spacial score (nSPS) is 23.6. The highest BCUT2D eigenvalue weighted by Crippen LogP contribution is 2.26. The Kier molecular flexibility index (Phi) is 4.67. The predicted molar refractivity (Wildman–Crippen MR) is 87.7 cm³/mol. The molecular weight excluding hydrogens is 306 g/mol. The fourth-order valence-electron chi connectivity index (χ4n) is 2.73. The maximum absolute atomic E-state index is 12.7. The topological polar surface area (TPSA) is 66.6 Å². The van der Waals surface area contributed by atoms with Gasteiger partial charge in [-0.2, -0.15) is 4.31 Å². The molecule has 0 radical (unpaired) electrons. The third-order valence-electron chi connectivity index (χ3n) is 3.96. The molecule has 1 fully saturated rings. The molecule has 5 nitrogen and oxygen atoms in total. The summed E-state index contributed by atoms with van der Waals surface area (Å²) in [5.41, 5.74) is 6.15. The first-order chi connectivity index (χ1) is 9.73. The third kappa shape index (κ3) is 3.26. The van der Waals surface area contributed by atoms with Crippen molar-refractivity contribution in [1.29, 1.82) is 0 Å². The van der Waals surface area contributed by atoms with E-state index in [0.29, 0.717) is 24.6 Å². The third-order valence-corrected chi connectivity index (χ3v) is 6.02. The van der Waals surface area contributed by atoms with Crippen molar-refractivity contribution in [2.45, 2.75) is 17.9 Å². The summed E-state index contributed by atoms with van der Waals surface area (Å²) < 4.78 is 27.0. The molecule has 0 aliphatic carbocycles. The van der Waals surface area contributed by atoms with Crippen LogP contribution in [0.3, 0.4) is 0 Å². The van der Waals surface area contributed by atoms with Gasteiger partial charge in [0, 0.05) is 24.7 Å². The Morgan fingerprint density at radius 1 is 1.38 bits per heavy atom. The Bertz CT molecular complexity index is 643. The van der Waals surface area contributed by atoms with Gasteiger partial charge in [-0.1, -0.05) is 31.3 Å². The van der Waals surface area contributed by atoms with E-state index < -0.39 is 10.0 Å². The van der Waals surface area contributed by atoms with E-state index >= 15 is 0 Å². The summed E-state index contributed by atoms with van der Waals surface area (Å²) in [6.45, 7) is 3.11. The maximum atomic E-state index is 12.7. The van der Waals surface area contributed by atoms with Gasteiger partial charge >= 0.3 is 0 Å². The minimum atomic E-state index is -3.50. The highest BCUT2D eigenvalue weighted by atomic mass is 32.2. The predicted octanol–water partition coefficient (Wildman–Crippen LogP) is 0.891. The quantitative estimate of drug-likeness (QED) is 0.832. The lowest BCUT2D eigenvalue weighted by molar-refractivity contribution is 0.263. The first kappa shape index (κ1) is 16.4. The van der Waals surface area contributed by atoms with Crippen molar-refractivity contribution in [3.8, 4) is 0 Å². The highest BCUT2D eigenvalue weighted by molar-refractivity contribution is 7.89. The van der Waals surface area contributed by atoms with E-state index in [1.807, 2.05) is 14.1 Å². The second-order valence-corrected chi connectivity index (χ2v) is 8.10. The second kappa shape index (κ2) is 6.00. The van der Waals surface area contributed by atoms with Gasteiger partial charge in [-0.3, -0.25) is 0 Å². The van der Waals surface area contributed by atoms with Crippen molar-refractivity contribution in [2.75, 3.05) is 27.2 Å². The number of thiocarbonyl (C=S) groups is 1. The van der Waals surface area contributed by atoms with Gasteiger partial charge < -0.3 is 10.6 Å². The molecule has 0 bridgehead atoms. The molecule has 21 heavy (non-hydrogen) atoms. The number of rotatable bonds is 4. The van der Waals surface area contributed by atoms with Crippen LogP contribution in [0.4, 0.5) is 0 Å². The number of benzene rings is 1. The summed E-state index contributed by atoms with van der Waals surface area (Å²) in [6.07, 6.45) is 0. The van der Waals surface area contributed by atoms with E-state index in [2.05, 4.69) is 11.8 Å². The minimum absolute atomic E-state index is 0.202. The lowest BCUT2D eigenvalue weighted by Gasteiger charge is -2.22. The fraction of sp³-hybridized carbons (Fsp3) is 0.500. The van der Waals surface area contributed by atoms with Crippen LogP contribution in [0.15, 0.2) is 29.2 Å². The van der Waals surface area contributed by atoms with Gasteiger partial charge in [-0.05, 0) is 32.1 Å². The summed E-state index contributed by atoms with van der Waals surface area (Å²) in [4.78, 5) is 2.53. The van der Waals surface area contributed by atoms with Crippen LogP contribution in [-0.4, -0.2) is 55.8 Å². The zero-order chi connectivity index (χ0) is 15.8. The van der Waals surface area contributed by atoms with E-state index in [1.54, 1.807) is 28.6 Å². The van der Waals surface area contributed by atoms with Gasteiger partial charge in [0.2, 0.25) is 10.0 Å². The van der Waals surface area contributed by atoms with Crippen LogP contribution in [0.2, 0.25) is 0 Å². The first-order valence-corrected chi connectivity index (χ1v) is 8.64. The number of hydrogen-bond donors (Lipinski definition) is 1. The van der Waals surface area contributed by atoms with E-state index in [0.717, 1.165) is 0 Å². The van der Waals surface area contributed by atoms with Crippen molar-refractivity contribution < 1.29 is 8.42 Å². The molecule has 1 aromatic rings. The molecule has 1 aromatic carbocycles. The Morgan fingerprint density at radius 2 is 2.05 bits per heavy atom. The molecule has 0 amide bonds. The molecular formula is C14H21N3O2S2. The van der Waals surface area contributed by atoms with Crippen LogP contribution in [-0.2, 0) is 10.0 Å². The summed E-state index contributed by atoms with van der Waals surface area (Å²) in [6, 6.07) is 6.76. The largest absolute Gasteiger partial charge is 0.389 e. The van der Waals surface area contributed by atoms with Crippen molar-refractivity contribution in [3.63, 3.8) is 0 Å². The second-order valence-electron chi connectivity index (χ2n) is 5.72. The van der Waals surface area contributed by atoms with Crippen molar-refractivity contribution in [1.82, 2.24) is 9.21 Å². The van der Waals surface area contributed by atoms with Gasteiger partial charge in [-0.15, -0.1) is 0 Å². The van der Waals surface area contributed by atoms with E-state index in [-0.39, 0.29) is 15.9 Å². The van der Waals surface area contributed by atoms with Gasteiger partial charge in [0.25, 0.3) is 0 Å². The van der Waals surface area contributed by atoms with E-state index in [1.165, 1.54) is 0 Å². The molecule has 2 atom stereocenters. The molecule has 0 spiro atoms. The van der Waals surface area contributed by atoms with Crippen LogP contribution in [0.25, 0.3) is 0 Å². The van der Waals surface area contributed by atoms with E-state index in [9.17, 15) is 8.42 Å². The van der Waals surface area contributed by atoms with Crippen LogP contribution < -0.4 is 5.73 Å². The molecule has 7 heteroatoms. The highest BCUT2D eigenvalue weighted by Gasteiger charge is 2.38. The van der Waals surface area contributed by atoms with Crippen LogP contribution >= 0.6 is 12.2 Å². The SMILES string of the molecule is CC1CN(S(=O)(=O)c2cccc(C(N)=S)c2)CC1N(C)C. The van der Waals surface area contributed by atoms with Crippen molar-refractivity contribution in [2.24, 2.45) is 11.7 Å². The monoisotopic (exact) mass is 327 g/mol. The van der Waals surface area contributed by atoms with Crippen molar-refractivity contribution >= 4 is 27.2 Å². The lowest BCUT2D eigenvalue weighted by Crippen LogP contribution is -2.35. The van der Waals surface area contributed by atoms with Gasteiger partial charge in [0.15, 0.2) is 0 Å². The molecule has 2 unspecified atom stereocenters. The van der Waals surface area contributed by atoms with Crippen LogP contribution in [0.5, 0.6) is 0 Å². The molecule has 2 N–H and O–H groups in total. The summed E-state index contributed by atoms with van der Waals surface area (Å²) in [7, 11) is 0.451. The molecule has 0 saturated carbocycles. The number of nitrogens with zero attached hydrogens (tertiary/aromatic N) is 2.